The number of carboxylic acid groups (broad SMARTS) is 1. The Hall–Kier alpha value is -2.71. The number of carbonyl (C=O) groups is 1. The van der Waals surface area contributed by atoms with Gasteiger partial charge < -0.3 is 10.2 Å². The third-order valence-electron chi connectivity index (χ3n) is 3.01. The number of nitrogens with zero attached hydrogens (tertiary/aromatic N) is 1. The van der Waals surface area contributed by atoms with E-state index in [-0.39, 0.29) is 24.1 Å². The number of nitrogens with one attached hydrogen (secondary N) is 1. The van der Waals surface area contributed by atoms with Crippen molar-refractivity contribution < 1.29 is 28.2 Å². The van der Waals surface area contributed by atoms with Crippen LogP contribution >= 0.6 is 0 Å². The summed E-state index contributed by atoms with van der Waals surface area (Å²) in [5.74, 6) is -1.66. The van der Waals surface area contributed by atoms with Crippen LogP contribution in [0.4, 0.5) is 13.2 Å². The Morgan fingerprint density at radius 1 is 1.23 bits per heavy atom. The van der Waals surface area contributed by atoms with Crippen LogP contribution in [-0.2, 0) is 17.4 Å². The third-order valence-corrected chi connectivity index (χ3v) is 3.01. The Labute approximate surface area is 121 Å². The molecule has 118 valence electrons. The molecule has 1 heterocycles. The fourth-order valence-electron chi connectivity index (χ4n) is 1.90. The molecule has 0 spiro atoms. The second kappa shape index (κ2) is 5.58. The number of aromatic nitrogens is 2. The van der Waals surface area contributed by atoms with Crippen molar-refractivity contribution in [3.8, 4) is 11.6 Å². The van der Waals surface area contributed by atoms with Crippen LogP contribution in [0.25, 0.3) is 5.69 Å². The molecule has 0 saturated heterocycles. The normalized spacial score (nSPS) is 11.6. The maximum Gasteiger partial charge on any atom is 0.416 e. The van der Waals surface area contributed by atoms with E-state index in [1.54, 1.807) is 0 Å². The largest absolute Gasteiger partial charge is 0.493 e. The molecular formula is C13H11F3N2O4. The molecule has 2 rings (SSSR count). The molecule has 3 N–H and O–H groups in total. The van der Waals surface area contributed by atoms with Crippen LogP contribution in [0.5, 0.6) is 5.88 Å². The Kier molecular flexibility index (Phi) is 3.98. The fraction of sp³-hybridized carbons (Fsp3) is 0.231. The van der Waals surface area contributed by atoms with E-state index in [0.717, 1.165) is 28.9 Å². The Bertz CT molecular complexity index is 744. The van der Waals surface area contributed by atoms with E-state index in [0.29, 0.717) is 0 Å². The number of rotatable bonds is 4. The lowest BCUT2D eigenvalue weighted by molar-refractivity contribution is -0.138. The zero-order valence-corrected chi connectivity index (χ0v) is 11.0. The molecular weight excluding hydrogens is 305 g/mol. The summed E-state index contributed by atoms with van der Waals surface area (Å²) in [6.45, 7) is 0. The lowest BCUT2D eigenvalue weighted by Crippen LogP contribution is -2.09. The molecule has 22 heavy (non-hydrogen) atoms. The van der Waals surface area contributed by atoms with Crippen molar-refractivity contribution >= 4 is 5.97 Å². The number of alkyl halides is 3. The van der Waals surface area contributed by atoms with Crippen LogP contribution in [0.1, 0.15) is 17.5 Å². The van der Waals surface area contributed by atoms with Gasteiger partial charge in [-0.25, -0.2) is 4.68 Å². The topological polar surface area (TPSA) is 95.3 Å². The SMILES string of the molecule is O=C(O)CCc1c(O)n(-c2ccc(C(F)(F)F)cc2)[nH]c1=O. The monoisotopic (exact) mass is 316 g/mol. The van der Waals surface area contributed by atoms with E-state index in [2.05, 4.69) is 5.10 Å². The van der Waals surface area contributed by atoms with E-state index < -0.39 is 29.1 Å². The Balaban J connectivity index is 2.35. The van der Waals surface area contributed by atoms with E-state index in [1.165, 1.54) is 0 Å². The highest BCUT2D eigenvalue weighted by Gasteiger charge is 2.30. The lowest BCUT2D eigenvalue weighted by atomic mass is 10.2. The van der Waals surface area contributed by atoms with Gasteiger partial charge in [0.05, 0.1) is 16.8 Å². The first-order valence-corrected chi connectivity index (χ1v) is 6.12. The zero-order chi connectivity index (χ0) is 16.5. The van der Waals surface area contributed by atoms with Crippen molar-refractivity contribution in [1.82, 2.24) is 9.78 Å². The van der Waals surface area contributed by atoms with Crippen LogP contribution in [0, 0.1) is 0 Å². The molecule has 0 aliphatic rings. The van der Waals surface area contributed by atoms with Gasteiger partial charge in [0.2, 0.25) is 5.88 Å². The van der Waals surface area contributed by atoms with Crippen molar-refractivity contribution in [1.29, 1.82) is 0 Å². The van der Waals surface area contributed by atoms with Gasteiger partial charge in [0.1, 0.15) is 0 Å². The van der Waals surface area contributed by atoms with Gasteiger partial charge in [0.25, 0.3) is 5.56 Å². The van der Waals surface area contributed by atoms with E-state index in [4.69, 9.17) is 5.11 Å². The molecule has 2 aromatic rings. The number of carboxylic acids is 1. The molecule has 9 heteroatoms. The molecule has 1 aromatic carbocycles. The summed E-state index contributed by atoms with van der Waals surface area (Å²) in [4.78, 5) is 22.2. The highest BCUT2D eigenvalue weighted by Crippen LogP contribution is 2.30. The number of benzene rings is 1. The summed E-state index contributed by atoms with van der Waals surface area (Å²) in [5, 5.41) is 20.7. The van der Waals surface area contributed by atoms with Crippen LogP contribution < -0.4 is 5.56 Å². The van der Waals surface area contributed by atoms with Crippen molar-refractivity contribution in [2.24, 2.45) is 0 Å². The maximum absolute atomic E-state index is 12.5. The zero-order valence-electron chi connectivity index (χ0n) is 11.0. The predicted octanol–water partition coefficient (Wildman–Crippen LogP) is 1.91. The van der Waals surface area contributed by atoms with E-state index in [9.17, 15) is 27.9 Å². The summed E-state index contributed by atoms with van der Waals surface area (Å²) in [6.07, 6.45) is -5.03. The average molecular weight is 316 g/mol. The fourth-order valence-corrected chi connectivity index (χ4v) is 1.90. The highest BCUT2D eigenvalue weighted by atomic mass is 19.4. The first-order chi connectivity index (χ1) is 10.2. The average Bonchev–Trinajstić information content (AvgIpc) is 2.71. The van der Waals surface area contributed by atoms with Crippen LogP contribution in [0.15, 0.2) is 29.1 Å². The molecule has 0 aliphatic heterocycles. The van der Waals surface area contributed by atoms with Gasteiger partial charge in [-0.3, -0.25) is 14.7 Å². The summed E-state index contributed by atoms with van der Waals surface area (Å²) in [6, 6.07) is 3.78. The number of H-pyrrole nitrogens is 1. The first-order valence-electron chi connectivity index (χ1n) is 6.12. The second-order valence-corrected chi connectivity index (χ2v) is 4.52. The number of aromatic hydroxyl groups is 1. The standard InChI is InChI=1S/C13H11F3N2O4/c14-13(15,16)7-1-3-8(4-2-7)18-12(22)9(11(21)17-18)5-6-10(19)20/h1-4,22H,5-6H2,(H,17,21)(H,19,20). The highest BCUT2D eigenvalue weighted by molar-refractivity contribution is 5.67. The third kappa shape index (κ3) is 3.13. The predicted molar refractivity (Wildman–Crippen MR) is 69.0 cm³/mol. The van der Waals surface area contributed by atoms with Gasteiger partial charge in [-0.2, -0.15) is 13.2 Å². The van der Waals surface area contributed by atoms with E-state index in [1.807, 2.05) is 0 Å². The number of aliphatic carboxylic acids is 1. The number of aromatic amines is 1. The van der Waals surface area contributed by atoms with Gasteiger partial charge in [0, 0.05) is 6.42 Å². The van der Waals surface area contributed by atoms with Gasteiger partial charge >= 0.3 is 12.1 Å². The van der Waals surface area contributed by atoms with Crippen LogP contribution in [-0.4, -0.2) is 26.0 Å². The van der Waals surface area contributed by atoms with E-state index >= 15 is 0 Å². The maximum atomic E-state index is 12.5. The summed E-state index contributed by atoms with van der Waals surface area (Å²) in [7, 11) is 0. The van der Waals surface area contributed by atoms with Crippen molar-refractivity contribution in [2.75, 3.05) is 0 Å². The van der Waals surface area contributed by atoms with Crippen LogP contribution in [0.3, 0.4) is 0 Å². The van der Waals surface area contributed by atoms with Crippen molar-refractivity contribution in [2.45, 2.75) is 19.0 Å². The summed E-state index contributed by atoms with van der Waals surface area (Å²) in [5.41, 5.74) is -1.58. The number of hydrogen-bond donors (Lipinski definition) is 3. The summed E-state index contributed by atoms with van der Waals surface area (Å²) >= 11 is 0. The molecule has 1 aromatic heterocycles. The van der Waals surface area contributed by atoms with Crippen molar-refractivity contribution in [3.63, 3.8) is 0 Å². The summed E-state index contributed by atoms with van der Waals surface area (Å²) < 4.78 is 38.3. The Morgan fingerprint density at radius 2 is 1.82 bits per heavy atom. The van der Waals surface area contributed by atoms with Gasteiger partial charge in [-0.1, -0.05) is 0 Å². The lowest BCUT2D eigenvalue weighted by Gasteiger charge is -2.08. The number of halogens is 3. The van der Waals surface area contributed by atoms with Crippen LogP contribution in [0.2, 0.25) is 0 Å². The molecule has 6 nitrogen and oxygen atoms in total. The molecule has 0 amide bonds. The molecule has 0 unspecified atom stereocenters. The van der Waals surface area contributed by atoms with Gasteiger partial charge in [-0.15, -0.1) is 0 Å². The second-order valence-electron chi connectivity index (χ2n) is 4.52. The number of hydrogen-bond acceptors (Lipinski definition) is 3. The molecule has 0 saturated carbocycles. The minimum absolute atomic E-state index is 0.115. The molecule has 0 radical (unpaired) electrons. The molecule has 0 fully saturated rings. The Morgan fingerprint density at radius 3 is 2.32 bits per heavy atom. The minimum atomic E-state index is -4.49. The smallest absolute Gasteiger partial charge is 0.416 e. The quantitative estimate of drug-likeness (QED) is 0.803. The molecule has 0 bridgehead atoms. The molecule has 0 aliphatic carbocycles. The van der Waals surface area contributed by atoms with Gasteiger partial charge in [-0.05, 0) is 30.7 Å². The van der Waals surface area contributed by atoms with Gasteiger partial charge in [0.15, 0.2) is 0 Å². The first kappa shape index (κ1) is 15.7. The van der Waals surface area contributed by atoms with Crippen molar-refractivity contribution in [3.05, 3.63) is 45.7 Å². The molecule has 0 atom stereocenters. The minimum Gasteiger partial charge on any atom is -0.493 e.